The molecule has 92 valence electrons. The molecular formula is C13H24N2O. The molecule has 0 spiro atoms. The lowest BCUT2D eigenvalue weighted by Gasteiger charge is -2.32. The van der Waals surface area contributed by atoms with Crippen molar-refractivity contribution in [2.45, 2.75) is 44.6 Å². The molecule has 1 unspecified atom stereocenters. The maximum absolute atomic E-state index is 11.1. The summed E-state index contributed by atoms with van der Waals surface area (Å²) >= 11 is 0. The molecule has 0 amide bonds. The van der Waals surface area contributed by atoms with Crippen LogP contribution in [0.2, 0.25) is 0 Å². The number of nitrogens with one attached hydrogen (secondary N) is 1. The quantitative estimate of drug-likeness (QED) is 0.787. The second kappa shape index (κ2) is 5.78. The van der Waals surface area contributed by atoms with E-state index in [0.717, 1.165) is 38.1 Å². The Morgan fingerprint density at radius 3 is 2.75 bits per heavy atom. The fourth-order valence-corrected chi connectivity index (χ4v) is 2.87. The first-order chi connectivity index (χ1) is 7.74. The smallest absolute Gasteiger partial charge is 0.132 e. The first-order valence-electron chi connectivity index (χ1n) is 6.67. The molecule has 0 radical (unpaired) electrons. The molecule has 1 aliphatic carbocycles. The summed E-state index contributed by atoms with van der Waals surface area (Å²) in [5, 5.41) is 3.68. The van der Waals surface area contributed by atoms with Crippen molar-refractivity contribution in [2.24, 2.45) is 5.92 Å². The van der Waals surface area contributed by atoms with Gasteiger partial charge < -0.3 is 10.2 Å². The highest BCUT2D eigenvalue weighted by Crippen LogP contribution is 2.21. The van der Waals surface area contributed by atoms with Gasteiger partial charge >= 0.3 is 0 Å². The molecule has 1 heterocycles. The van der Waals surface area contributed by atoms with Crippen molar-refractivity contribution in [1.82, 2.24) is 10.2 Å². The van der Waals surface area contributed by atoms with Crippen molar-refractivity contribution in [1.29, 1.82) is 0 Å². The fourth-order valence-electron chi connectivity index (χ4n) is 2.87. The van der Waals surface area contributed by atoms with Crippen molar-refractivity contribution < 1.29 is 4.79 Å². The van der Waals surface area contributed by atoms with Gasteiger partial charge in [0, 0.05) is 25.4 Å². The summed E-state index contributed by atoms with van der Waals surface area (Å²) in [5.74, 6) is 1.21. The fraction of sp³-hybridized carbons (Fsp3) is 0.923. The molecule has 16 heavy (non-hydrogen) atoms. The summed E-state index contributed by atoms with van der Waals surface area (Å²) in [6.07, 6.45) is 6.48. The maximum atomic E-state index is 11.1. The molecule has 2 fully saturated rings. The van der Waals surface area contributed by atoms with Gasteiger partial charge in [0.1, 0.15) is 5.78 Å². The number of piperidine rings is 1. The van der Waals surface area contributed by atoms with Gasteiger partial charge in [0.25, 0.3) is 0 Å². The summed E-state index contributed by atoms with van der Waals surface area (Å²) < 4.78 is 0. The van der Waals surface area contributed by atoms with Crippen LogP contribution in [0, 0.1) is 5.92 Å². The van der Waals surface area contributed by atoms with Gasteiger partial charge in [0.05, 0.1) is 0 Å². The van der Waals surface area contributed by atoms with E-state index in [9.17, 15) is 4.79 Å². The number of ketones is 1. The van der Waals surface area contributed by atoms with Crippen LogP contribution in [0.25, 0.3) is 0 Å². The standard InChI is InChI=1S/C13H24N2O/c1-15-8-2-3-12(10-15)14-9-11-4-6-13(16)7-5-11/h11-12,14H,2-10H2,1H3. The van der Waals surface area contributed by atoms with Crippen molar-refractivity contribution in [3.8, 4) is 0 Å². The Balaban J connectivity index is 1.65. The Hall–Kier alpha value is -0.410. The average Bonchev–Trinajstić information content (AvgIpc) is 2.28. The molecule has 1 N–H and O–H groups in total. The Morgan fingerprint density at radius 1 is 1.31 bits per heavy atom. The van der Waals surface area contributed by atoms with Crippen molar-refractivity contribution in [3.63, 3.8) is 0 Å². The molecule has 2 rings (SSSR count). The van der Waals surface area contributed by atoms with E-state index in [4.69, 9.17) is 0 Å². The van der Waals surface area contributed by atoms with Gasteiger partial charge in [-0.3, -0.25) is 4.79 Å². The maximum Gasteiger partial charge on any atom is 0.132 e. The molecule has 0 aromatic heterocycles. The summed E-state index contributed by atoms with van der Waals surface area (Å²) in [6.45, 7) is 3.55. The lowest BCUT2D eigenvalue weighted by Crippen LogP contribution is -2.45. The van der Waals surface area contributed by atoms with Crippen LogP contribution in [0.3, 0.4) is 0 Å². The van der Waals surface area contributed by atoms with E-state index >= 15 is 0 Å². The SMILES string of the molecule is CN1CCCC(NCC2CCC(=O)CC2)C1. The number of carbonyl (C=O) groups is 1. The second-order valence-electron chi connectivity index (χ2n) is 5.49. The van der Waals surface area contributed by atoms with Crippen LogP contribution < -0.4 is 5.32 Å². The first kappa shape index (κ1) is 12.1. The number of nitrogens with zero attached hydrogens (tertiary/aromatic N) is 1. The average molecular weight is 224 g/mol. The highest BCUT2D eigenvalue weighted by atomic mass is 16.1. The molecule has 1 saturated carbocycles. The van der Waals surface area contributed by atoms with Crippen LogP contribution in [0.1, 0.15) is 38.5 Å². The van der Waals surface area contributed by atoms with Gasteiger partial charge in [0.15, 0.2) is 0 Å². The van der Waals surface area contributed by atoms with E-state index in [1.165, 1.54) is 25.9 Å². The Kier molecular flexibility index (Phi) is 4.36. The van der Waals surface area contributed by atoms with Gasteiger partial charge in [-0.15, -0.1) is 0 Å². The molecule has 1 atom stereocenters. The van der Waals surface area contributed by atoms with Crippen molar-refractivity contribution in [2.75, 3.05) is 26.7 Å². The monoisotopic (exact) mass is 224 g/mol. The van der Waals surface area contributed by atoms with Crippen molar-refractivity contribution >= 4 is 5.78 Å². The van der Waals surface area contributed by atoms with Crippen LogP contribution in [-0.2, 0) is 4.79 Å². The van der Waals surface area contributed by atoms with Crippen LogP contribution in [0.5, 0.6) is 0 Å². The zero-order valence-corrected chi connectivity index (χ0v) is 10.4. The number of hydrogen-bond acceptors (Lipinski definition) is 3. The minimum Gasteiger partial charge on any atom is -0.312 e. The topological polar surface area (TPSA) is 32.3 Å². The third-order valence-corrected chi connectivity index (χ3v) is 3.98. The number of likely N-dealkylation sites (tertiary alicyclic amines) is 1. The van der Waals surface area contributed by atoms with Crippen molar-refractivity contribution in [3.05, 3.63) is 0 Å². The van der Waals surface area contributed by atoms with Gasteiger partial charge in [0.2, 0.25) is 0 Å². The summed E-state index contributed by atoms with van der Waals surface area (Å²) in [7, 11) is 2.20. The molecule has 1 saturated heterocycles. The van der Waals surface area contributed by atoms with E-state index in [0.29, 0.717) is 11.8 Å². The first-order valence-corrected chi connectivity index (χ1v) is 6.67. The van der Waals surface area contributed by atoms with E-state index < -0.39 is 0 Å². The Bertz CT molecular complexity index is 232. The minimum atomic E-state index is 0.466. The predicted molar refractivity (Wildman–Crippen MR) is 65.5 cm³/mol. The van der Waals surface area contributed by atoms with Crippen LogP contribution in [-0.4, -0.2) is 43.4 Å². The summed E-state index contributed by atoms with van der Waals surface area (Å²) in [5.41, 5.74) is 0. The normalized spacial score (nSPS) is 29.6. The zero-order chi connectivity index (χ0) is 11.4. The van der Waals surface area contributed by atoms with Gasteiger partial charge in [-0.05, 0) is 51.7 Å². The van der Waals surface area contributed by atoms with E-state index in [1.54, 1.807) is 0 Å². The highest BCUT2D eigenvalue weighted by Gasteiger charge is 2.21. The summed E-state index contributed by atoms with van der Waals surface area (Å²) in [4.78, 5) is 13.5. The van der Waals surface area contributed by atoms with Gasteiger partial charge in [-0.1, -0.05) is 0 Å². The molecule has 3 nitrogen and oxygen atoms in total. The number of Topliss-reactive ketones (excluding diaryl/α,β-unsaturated/α-hetero) is 1. The molecule has 0 bridgehead atoms. The number of rotatable bonds is 3. The number of carbonyl (C=O) groups excluding carboxylic acids is 1. The van der Waals surface area contributed by atoms with E-state index in [-0.39, 0.29) is 0 Å². The largest absolute Gasteiger partial charge is 0.312 e. The van der Waals surface area contributed by atoms with Crippen LogP contribution >= 0.6 is 0 Å². The lowest BCUT2D eigenvalue weighted by molar-refractivity contribution is -0.120. The molecular weight excluding hydrogens is 200 g/mol. The van der Waals surface area contributed by atoms with Gasteiger partial charge in [-0.25, -0.2) is 0 Å². The Morgan fingerprint density at radius 2 is 2.06 bits per heavy atom. The second-order valence-corrected chi connectivity index (χ2v) is 5.49. The molecule has 0 aromatic carbocycles. The number of hydrogen-bond donors (Lipinski definition) is 1. The highest BCUT2D eigenvalue weighted by molar-refractivity contribution is 5.79. The molecule has 3 heteroatoms. The van der Waals surface area contributed by atoms with Crippen LogP contribution in [0.4, 0.5) is 0 Å². The predicted octanol–water partition coefficient (Wildman–Crippen LogP) is 1.43. The summed E-state index contributed by atoms with van der Waals surface area (Å²) in [6, 6.07) is 0.677. The zero-order valence-electron chi connectivity index (χ0n) is 10.4. The third kappa shape index (κ3) is 3.56. The molecule has 0 aromatic rings. The molecule has 2 aliphatic rings. The molecule has 1 aliphatic heterocycles. The number of likely N-dealkylation sites (N-methyl/N-ethyl adjacent to an activating group) is 1. The Labute approximate surface area is 98.6 Å². The van der Waals surface area contributed by atoms with Crippen LogP contribution in [0.15, 0.2) is 0 Å². The third-order valence-electron chi connectivity index (χ3n) is 3.98. The van der Waals surface area contributed by atoms with E-state index in [1.807, 2.05) is 0 Å². The minimum absolute atomic E-state index is 0.466. The van der Waals surface area contributed by atoms with Gasteiger partial charge in [-0.2, -0.15) is 0 Å². The lowest BCUT2D eigenvalue weighted by atomic mass is 9.88. The van der Waals surface area contributed by atoms with E-state index in [2.05, 4.69) is 17.3 Å².